The zero-order valence-corrected chi connectivity index (χ0v) is 19.4. The maximum atomic E-state index is 12.3. The summed E-state index contributed by atoms with van der Waals surface area (Å²) >= 11 is 3.47. The quantitative estimate of drug-likeness (QED) is 0.528. The molecule has 5 nitrogen and oxygen atoms in total. The lowest BCUT2D eigenvalue weighted by Crippen LogP contribution is -2.45. The molecule has 1 amide bonds. The molecule has 0 aliphatic carbocycles. The van der Waals surface area contributed by atoms with E-state index in [2.05, 4.69) is 56.2 Å². The van der Waals surface area contributed by atoms with Gasteiger partial charge in [-0.15, -0.1) is 0 Å². The molecule has 0 unspecified atom stereocenters. The number of hydrogen-bond acceptors (Lipinski definition) is 4. The molecule has 1 N–H and O–H groups in total. The smallest absolute Gasteiger partial charge is 0.220 e. The van der Waals surface area contributed by atoms with E-state index in [9.17, 15) is 4.79 Å². The highest BCUT2D eigenvalue weighted by Crippen LogP contribution is 2.23. The molecule has 2 aromatic carbocycles. The minimum Gasteiger partial charge on any atom is -0.492 e. The number of para-hydroxylation sites is 1. The van der Waals surface area contributed by atoms with Crippen LogP contribution in [0.5, 0.6) is 5.75 Å². The van der Waals surface area contributed by atoms with Crippen molar-refractivity contribution in [2.45, 2.75) is 32.9 Å². The van der Waals surface area contributed by atoms with Crippen molar-refractivity contribution in [2.75, 3.05) is 39.3 Å². The molecular weight excluding hydrogens is 442 g/mol. The fourth-order valence-electron chi connectivity index (χ4n) is 3.65. The molecule has 2 aromatic rings. The molecule has 0 atom stereocenters. The summed E-state index contributed by atoms with van der Waals surface area (Å²) in [6, 6.07) is 16.2. The largest absolute Gasteiger partial charge is 0.492 e. The first-order chi connectivity index (χ1) is 14.7. The number of rotatable bonds is 10. The third-order valence-corrected chi connectivity index (χ3v) is 6.20. The lowest BCUT2D eigenvalue weighted by Gasteiger charge is -2.34. The average molecular weight is 474 g/mol. The van der Waals surface area contributed by atoms with Gasteiger partial charge in [-0.3, -0.25) is 9.69 Å². The van der Waals surface area contributed by atoms with E-state index < -0.39 is 0 Å². The Balaban J connectivity index is 1.40. The maximum Gasteiger partial charge on any atom is 0.220 e. The number of likely N-dealkylation sites (N-methyl/N-ethyl adjacent to an activating group) is 1. The number of benzene rings is 2. The van der Waals surface area contributed by atoms with E-state index in [1.54, 1.807) is 0 Å². The Morgan fingerprint density at radius 3 is 2.40 bits per heavy atom. The topological polar surface area (TPSA) is 44.8 Å². The van der Waals surface area contributed by atoms with Gasteiger partial charge in [0.25, 0.3) is 0 Å². The second-order valence-electron chi connectivity index (χ2n) is 7.64. The summed E-state index contributed by atoms with van der Waals surface area (Å²) in [5, 5.41) is 3.07. The lowest BCUT2D eigenvalue weighted by molar-refractivity contribution is -0.121. The van der Waals surface area contributed by atoms with Gasteiger partial charge in [0.1, 0.15) is 5.75 Å². The molecule has 0 saturated carbocycles. The second-order valence-corrected chi connectivity index (χ2v) is 8.49. The van der Waals surface area contributed by atoms with Crippen LogP contribution in [0.4, 0.5) is 0 Å². The highest BCUT2D eigenvalue weighted by atomic mass is 79.9. The molecule has 162 valence electrons. The van der Waals surface area contributed by atoms with E-state index in [0.717, 1.165) is 49.5 Å². The Labute approximate surface area is 188 Å². The van der Waals surface area contributed by atoms with Crippen molar-refractivity contribution in [1.29, 1.82) is 0 Å². The number of piperazine rings is 1. The number of ether oxygens (including phenoxy) is 1. The third kappa shape index (κ3) is 7.11. The fraction of sp³-hybridized carbons (Fsp3) is 0.458. The third-order valence-electron chi connectivity index (χ3n) is 5.54. The molecule has 3 rings (SSSR count). The highest BCUT2D eigenvalue weighted by Gasteiger charge is 2.16. The first kappa shape index (κ1) is 22.8. The SMILES string of the molecule is CCN1CCN(Cc2ccccc2CNC(=O)CCCOc2ccccc2Br)CC1. The molecule has 0 radical (unpaired) electrons. The first-order valence-electron chi connectivity index (χ1n) is 10.8. The molecule has 0 bridgehead atoms. The summed E-state index contributed by atoms with van der Waals surface area (Å²) in [4.78, 5) is 17.3. The molecule has 1 aliphatic heterocycles. The van der Waals surface area contributed by atoms with Crippen LogP contribution in [-0.2, 0) is 17.9 Å². The number of carbonyl (C=O) groups excluding carboxylic acids is 1. The normalized spacial score (nSPS) is 15.1. The van der Waals surface area contributed by atoms with Crippen LogP contribution in [0.25, 0.3) is 0 Å². The van der Waals surface area contributed by atoms with Crippen molar-refractivity contribution >= 4 is 21.8 Å². The Morgan fingerprint density at radius 2 is 1.67 bits per heavy atom. The van der Waals surface area contributed by atoms with Gasteiger partial charge in [0.05, 0.1) is 11.1 Å². The van der Waals surface area contributed by atoms with E-state index in [-0.39, 0.29) is 5.91 Å². The van der Waals surface area contributed by atoms with Crippen molar-refractivity contribution in [1.82, 2.24) is 15.1 Å². The van der Waals surface area contributed by atoms with Crippen LogP contribution in [0.15, 0.2) is 53.0 Å². The molecule has 1 saturated heterocycles. The Hall–Kier alpha value is -1.89. The van der Waals surface area contributed by atoms with Crippen molar-refractivity contribution in [3.63, 3.8) is 0 Å². The maximum absolute atomic E-state index is 12.3. The molecule has 1 heterocycles. The van der Waals surface area contributed by atoms with Gasteiger partial charge in [-0.05, 0) is 52.2 Å². The van der Waals surface area contributed by atoms with E-state index in [1.807, 2.05) is 30.3 Å². The predicted octanol–water partition coefficient (Wildman–Crippen LogP) is 4.06. The zero-order chi connectivity index (χ0) is 21.2. The van der Waals surface area contributed by atoms with Gasteiger partial charge in [-0.1, -0.05) is 43.3 Å². The predicted molar refractivity (Wildman–Crippen MR) is 125 cm³/mol. The standard InChI is InChI=1S/C24H32BrN3O2/c1-2-27-13-15-28(16-14-27)19-21-9-4-3-8-20(21)18-26-24(29)12-7-17-30-23-11-6-5-10-22(23)25/h3-6,8-11H,2,7,12-19H2,1H3,(H,26,29). The first-order valence-corrected chi connectivity index (χ1v) is 11.6. The van der Waals surface area contributed by atoms with Gasteiger partial charge >= 0.3 is 0 Å². The zero-order valence-electron chi connectivity index (χ0n) is 17.8. The summed E-state index contributed by atoms with van der Waals surface area (Å²) in [5.74, 6) is 0.878. The molecule has 0 aromatic heterocycles. The summed E-state index contributed by atoms with van der Waals surface area (Å²) in [6.45, 7) is 9.88. The highest BCUT2D eigenvalue weighted by molar-refractivity contribution is 9.10. The van der Waals surface area contributed by atoms with E-state index in [0.29, 0.717) is 26.0 Å². The van der Waals surface area contributed by atoms with Crippen molar-refractivity contribution < 1.29 is 9.53 Å². The van der Waals surface area contributed by atoms with E-state index in [1.165, 1.54) is 11.1 Å². The summed E-state index contributed by atoms with van der Waals surface area (Å²) in [6.07, 6.45) is 1.15. The summed E-state index contributed by atoms with van der Waals surface area (Å²) < 4.78 is 6.67. The lowest BCUT2D eigenvalue weighted by atomic mass is 10.1. The number of nitrogens with one attached hydrogen (secondary N) is 1. The molecule has 6 heteroatoms. The monoisotopic (exact) mass is 473 g/mol. The molecule has 1 aliphatic rings. The number of carbonyl (C=O) groups is 1. The molecule has 0 spiro atoms. The Morgan fingerprint density at radius 1 is 1.00 bits per heavy atom. The van der Waals surface area contributed by atoms with Gasteiger partial charge < -0.3 is 15.0 Å². The fourth-order valence-corrected chi connectivity index (χ4v) is 4.05. The van der Waals surface area contributed by atoms with Crippen molar-refractivity contribution in [3.8, 4) is 5.75 Å². The number of halogens is 1. The molecular formula is C24H32BrN3O2. The van der Waals surface area contributed by atoms with Crippen molar-refractivity contribution in [3.05, 3.63) is 64.1 Å². The summed E-state index contributed by atoms with van der Waals surface area (Å²) in [5.41, 5.74) is 2.51. The van der Waals surface area contributed by atoms with Crippen LogP contribution in [-0.4, -0.2) is 55.0 Å². The van der Waals surface area contributed by atoms with E-state index >= 15 is 0 Å². The minimum atomic E-state index is 0.0668. The van der Waals surface area contributed by atoms with Gasteiger partial charge in [0, 0.05) is 45.7 Å². The minimum absolute atomic E-state index is 0.0668. The van der Waals surface area contributed by atoms with Gasteiger partial charge in [0.15, 0.2) is 0 Å². The van der Waals surface area contributed by atoms with Crippen molar-refractivity contribution in [2.24, 2.45) is 0 Å². The van der Waals surface area contributed by atoms with Crippen LogP contribution in [0, 0.1) is 0 Å². The van der Waals surface area contributed by atoms with Crippen LogP contribution in [0.2, 0.25) is 0 Å². The average Bonchev–Trinajstić information content (AvgIpc) is 2.78. The van der Waals surface area contributed by atoms with Gasteiger partial charge in [0.2, 0.25) is 5.91 Å². The number of hydrogen-bond donors (Lipinski definition) is 1. The van der Waals surface area contributed by atoms with Crippen LogP contribution < -0.4 is 10.1 Å². The van der Waals surface area contributed by atoms with E-state index in [4.69, 9.17) is 4.74 Å². The summed E-state index contributed by atoms with van der Waals surface area (Å²) in [7, 11) is 0. The molecule has 1 fully saturated rings. The number of nitrogens with zero attached hydrogens (tertiary/aromatic N) is 2. The Bertz CT molecular complexity index is 807. The van der Waals surface area contributed by atoms with Crippen LogP contribution >= 0.6 is 15.9 Å². The van der Waals surface area contributed by atoms with Crippen LogP contribution in [0.3, 0.4) is 0 Å². The van der Waals surface area contributed by atoms with Gasteiger partial charge in [-0.2, -0.15) is 0 Å². The molecule has 30 heavy (non-hydrogen) atoms. The van der Waals surface area contributed by atoms with Crippen LogP contribution in [0.1, 0.15) is 30.9 Å². The number of amides is 1. The second kappa shape index (κ2) is 12.1. The Kier molecular flexibility index (Phi) is 9.18. The van der Waals surface area contributed by atoms with Gasteiger partial charge in [-0.25, -0.2) is 0 Å².